The second-order valence-corrected chi connectivity index (χ2v) is 10.5. The van der Waals surface area contributed by atoms with Crippen molar-refractivity contribution in [2.75, 3.05) is 13.2 Å². The van der Waals surface area contributed by atoms with E-state index in [9.17, 15) is 9.59 Å². The molecule has 220 valence electrons. The number of thiocarbonyl (C=S) groups is 1. The molecule has 9 nitrogen and oxygen atoms in total. The third-order valence-corrected chi connectivity index (χ3v) is 7.22. The SMILES string of the molecule is CCOC(=O)C1=C(C)NC(=S)N[C@@H]1c1ccccc1OCC(=O)NN=Cc1cn(Cc2cccc(C)c2)c2ccccc12. The summed E-state index contributed by atoms with van der Waals surface area (Å²) < 4.78 is 13.3. The van der Waals surface area contributed by atoms with Crippen LogP contribution in [0.2, 0.25) is 0 Å². The molecule has 0 saturated heterocycles. The number of carbonyl (C=O) groups excluding carboxylic acids is 2. The molecule has 0 bridgehead atoms. The van der Waals surface area contributed by atoms with Gasteiger partial charge in [-0.3, -0.25) is 4.79 Å². The maximum Gasteiger partial charge on any atom is 0.338 e. The predicted molar refractivity (Wildman–Crippen MR) is 171 cm³/mol. The number of esters is 1. The molecule has 0 spiro atoms. The van der Waals surface area contributed by atoms with Crippen LogP contribution in [0.4, 0.5) is 0 Å². The van der Waals surface area contributed by atoms with Crippen molar-refractivity contribution in [1.82, 2.24) is 20.6 Å². The summed E-state index contributed by atoms with van der Waals surface area (Å²) in [7, 11) is 0. The van der Waals surface area contributed by atoms with Crippen molar-refractivity contribution in [3.8, 4) is 5.75 Å². The van der Waals surface area contributed by atoms with Crippen LogP contribution in [-0.4, -0.2) is 41.0 Å². The Balaban J connectivity index is 1.27. The van der Waals surface area contributed by atoms with Gasteiger partial charge in [-0.1, -0.05) is 66.2 Å². The van der Waals surface area contributed by atoms with Crippen molar-refractivity contribution < 1.29 is 19.1 Å². The Bertz CT molecular complexity index is 1740. The zero-order valence-corrected chi connectivity index (χ0v) is 25.0. The summed E-state index contributed by atoms with van der Waals surface area (Å²) in [6, 6.07) is 23.1. The maximum atomic E-state index is 12.8. The van der Waals surface area contributed by atoms with Crippen molar-refractivity contribution in [1.29, 1.82) is 0 Å². The number of aromatic nitrogens is 1. The number of aryl methyl sites for hydroxylation is 1. The van der Waals surface area contributed by atoms with E-state index < -0.39 is 17.9 Å². The molecule has 0 unspecified atom stereocenters. The quantitative estimate of drug-likeness (QED) is 0.104. The second-order valence-electron chi connectivity index (χ2n) is 10.1. The molecule has 3 aromatic carbocycles. The van der Waals surface area contributed by atoms with Gasteiger partial charge in [0.25, 0.3) is 5.91 Å². The van der Waals surface area contributed by atoms with E-state index in [2.05, 4.69) is 63.0 Å². The largest absolute Gasteiger partial charge is 0.483 e. The number of carbonyl (C=O) groups is 2. The number of para-hydroxylation sites is 2. The van der Waals surface area contributed by atoms with Gasteiger partial charge in [-0.15, -0.1) is 0 Å². The number of hydrazone groups is 1. The lowest BCUT2D eigenvalue weighted by atomic mass is 9.95. The fourth-order valence-corrected chi connectivity index (χ4v) is 5.39. The number of rotatable bonds is 10. The monoisotopic (exact) mass is 595 g/mol. The van der Waals surface area contributed by atoms with Gasteiger partial charge in [-0.25, -0.2) is 10.2 Å². The van der Waals surface area contributed by atoms with Crippen molar-refractivity contribution in [2.24, 2.45) is 5.10 Å². The number of hydrogen-bond acceptors (Lipinski definition) is 6. The van der Waals surface area contributed by atoms with Gasteiger partial charge in [0.1, 0.15) is 5.75 Å². The van der Waals surface area contributed by atoms with E-state index in [1.807, 2.05) is 36.5 Å². The van der Waals surface area contributed by atoms with Crippen molar-refractivity contribution in [3.63, 3.8) is 0 Å². The summed E-state index contributed by atoms with van der Waals surface area (Å²) in [5, 5.41) is 11.7. The van der Waals surface area contributed by atoms with Gasteiger partial charge >= 0.3 is 5.97 Å². The number of allylic oxidation sites excluding steroid dienone is 1. The average molecular weight is 596 g/mol. The summed E-state index contributed by atoms with van der Waals surface area (Å²) in [6.45, 7) is 6.27. The molecule has 10 heteroatoms. The Morgan fingerprint density at radius 2 is 1.86 bits per heavy atom. The van der Waals surface area contributed by atoms with E-state index in [0.29, 0.717) is 27.7 Å². The average Bonchev–Trinajstić information content (AvgIpc) is 3.33. The number of nitrogens with zero attached hydrogens (tertiary/aromatic N) is 2. The molecule has 1 amide bonds. The van der Waals surface area contributed by atoms with E-state index in [0.717, 1.165) is 23.0 Å². The lowest BCUT2D eigenvalue weighted by molar-refractivity contribution is -0.139. The molecule has 5 rings (SSSR count). The van der Waals surface area contributed by atoms with Crippen LogP contribution in [-0.2, 0) is 20.9 Å². The van der Waals surface area contributed by atoms with E-state index in [1.54, 1.807) is 32.2 Å². The summed E-state index contributed by atoms with van der Waals surface area (Å²) in [5.74, 6) is -0.465. The lowest BCUT2D eigenvalue weighted by Gasteiger charge is -2.30. The van der Waals surface area contributed by atoms with Gasteiger partial charge in [0.2, 0.25) is 0 Å². The molecular formula is C33H33N5O4S. The van der Waals surface area contributed by atoms with Gasteiger partial charge in [0, 0.05) is 40.5 Å². The Morgan fingerprint density at radius 3 is 2.67 bits per heavy atom. The summed E-state index contributed by atoms with van der Waals surface area (Å²) in [6.07, 6.45) is 3.67. The standard InChI is InChI=1S/C33H33N5O4S/c1-4-41-32(40)30-22(3)35-33(43)36-31(30)26-13-6-8-15-28(26)42-20-29(39)37-34-17-24-19-38(27-14-7-5-12-25(24)27)18-23-11-9-10-21(2)16-23/h5-17,19,31H,4,18,20H2,1-3H3,(H,37,39)(H2,35,36,43)/t31-/m1/s1. The molecule has 1 aliphatic heterocycles. The molecule has 1 atom stereocenters. The van der Waals surface area contributed by atoms with Crippen molar-refractivity contribution >= 4 is 46.3 Å². The fourth-order valence-electron chi connectivity index (χ4n) is 5.12. The molecule has 0 fully saturated rings. The smallest absolute Gasteiger partial charge is 0.338 e. The first kappa shape index (κ1) is 29.5. The Kier molecular flexibility index (Phi) is 9.17. The van der Waals surface area contributed by atoms with E-state index in [-0.39, 0.29) is 13.2 Å². The highest BCUT2D eigenvalue weighted by atomic mass is 32.1. The molecule has 1 aliphatic rings. The molecule has 3 N–H and O–H groups in total. The topological polar surface area (TPSA) is 106 Å². The van der Waals surface area contributed by atoms with Crippen molar-refractivity contribution in [3.05, 3.63) is 113 Å². The Morgan fingerprint density at radius 1 is 1.07 bits per heavy atom. The highest BCUT2D eigenvalue weighted by Gasteiger charge is 2.32. The summed E-state index contributed by atoms with van der Waals surface area (Å²) >= 11 is 5.34. The molecule has 43 heavy (non-hydrogen) atoms. The highest BCUT2D eigenvalue weighted by molar-refractivity contribution is 7.80. The van der Waals surface area contributed by atoms with E-state index in [1.165, 1.54) is 11.1 Å². The maximum absolute atomic E-state index is 12.8. The molecule has 2 heterocycles. The summed E-state index contributed by atoms with van der Waals surface area (Å²) in [5.41, 5.74) is 8.56. The van der Waals surface area contributed by atoms with Crippen LogP contribution in [0, 0.1) is 6.92 Å². The van der Waals surface area contributed by atoms with Crippen LogP contribution >= 0.6 is 12.2 Å². The first-order chi connectivity index (χ1) is 20.8. The van der Waals surface area contributed by atoms with Crippen LogP contribution in [0.5, 0.6) is 5.75 Å². The minimum Gasteiger partial charge on any atom is -0.483 e. The predicted octanol–water partition coefficient (Wildman–Crippen LogP) is 4.88. The minimum absolute atomic E-state index is 0.235. The number of ether oxygens (including phenoxy) is 2. The normalized spacial score (nSPS) is 14.9. The van der Waals surface area contributed by atoms with Crippen LogP contribution in [0.15, 0.2) is 95.4 Å². The number of amides is 1. The van der Waals surface area contributed by atoms with Gasteiger partial charge in [-0.2, -0.15) is 5.10 Å². The van der Waals surface area contributed by atoms with Gasteiger partial charge in [0.05, 0.1) is 24.4 Å². The molecule has 0 aliphatic carbocycles. The Hall–Kier alpha value is -4.96. The van der Waals surface area contributed by atoms with E-state index in [4.69, 9.17) is 21.7 Å². The van der Waals surface area contributed by atoms with E-state index >= 15 is 0 Å². The third kappa shape index (κ3) is 6.92. The Labute approximate surface area is 255 Å². The van der Waals surface area contributed by atoms with Crippen LogP contribution < -0.4 is 20.8 Å². The lowest BCUT2D eigenvalue weighted by Crippen LogP contribution is -2.45. The number of fused-ring (bicyclic) bond motifs is 1. The summed E-state index contributed by atoms with van der Waals surface area (Å²) in [4.78, 5) is 25.5. The van der Waals surface area contributed by atoms with Crippen LogP contribution in [0.1, 0.15) is 42.1 Å². The second kappa shape index (κ2) is 13.3. The molecular weight excluding hydrogens is 562 g/mol. The first-order valence-electron chi connectivity index (χ1n) is 14.0. The zero-order valence-electron chi connectivity index (χ0n) is 24.2. The number of nitrogens with one attached hydrogen (secondary N) is 3. The third-order valence-electron chi connectivity index (χ3n) is 7.00. The zero-order chi connectivity index (χ0) is 30.3. The molecule has 0 radical (unpaired) electrons. The highest BCUT2D eigenvalue weighted by Crippen LogP contribution is 2.33. The number of hydrogen-bond donors (Lipinski definition) is 3. The van der Waals surface area contributed by atoms with Gasteiger partial charge in [0.15, 0.2) is 11.7 Å². The first-order valence-corrected chi connectivity index (χ1v) is 14.4. The fraction of sp³-hybridized carbons (Fsp3) is 0.212. The number of benzene rings is 3. The molecule has 0 saturated carbocycles. The van der Waals surface area contributed by atoms with Crippen LogP contribution in [0.25, 0.3) is 10.9 Å². The minimum atomic E-state index is -0.609. The van der Waals surface area contributed by atoms with Gasteiger partial charge in [-0.05, 0) is 50.7 Å². The van der Waals surface area contributed by atoms with Crippen LogP contribution in [0.3, 0.4) is 0 Å². The van der Waals surface area contributed by atoms with Gasteiger partial charge < -0.3 is 24.7 Å². The molecule has 4 aromatic rings. The molecule has 1 aromatic heterocycles. The van der Waals surface area contributed by atoms with Crippen molar-refractivity contribution in [2.45, 2.75) is 33.4 Å².